The van der Waals surface area contributed by atoms with Crippen LogP contribution in [0.4, 0.5) is 17.1 Å². The highest BCUT2D eigenvalue weighted by Crippen LogP contribution is 2.25. The second-order valence-electron chi connectivity index (χ2n) is 5.86. The Balaban J connectivity index is 2.13. The second kappa shape index (κ2) is 9.21. The van der Waals surface area contributed by atoms with Crippen LogP contribution in [0.3, 0.4) is 0 Å². The highest BCUT2D eigenvalue weighted by atomic mass is 16.6. The summed E-state index contributed by atoms with van der Waals surface area (Å²) in [5.41, 5.74) is -0.726. The third-order valence-corrected chi connectivity index (χ3v) is 3.85. The molecule has 0 heterocycles. The molecule has 2 amide bonds. The maximum Gasteiger partial charge on any atom is 0.289 e. The van der Waals surface area contributed by atoms with Gasteiger partial charge in [0.25, 0.3) is 23.2 Å². The van der Waals surface area contributed by atoms with E-state index in [4.69, 9.17) is 0 Å². The fourth-order valence-electron chi connectivity index (χ4n) is 2.36. The molecular formula is C18H18N4O6. The predicted molar refractivity (Wildman–Crippen MR) is 101 cm³/mol. The zero-order chi connectivity index (χ0) is 20.7. The lowest BCUT2D eigenvalue weighted by atomic mass is 10.1. The van der Waals surface area contributed by atoms with Gasteiger partial charge in [-0.2, -0.15) is 0 Å². The Hall–Kier alpha value is -3.82. The molecule has 146 valence electrons. The molecule has 2 aromatic carbocycles. The van der Waals surface area contributed by atoms with Crippen molar-refractivity contribution in [3.63, 3.8) is 0 Å². The number of hydrogen-bond donors (Lipinski definition) is 2. The van der Waals surface area contributed by atoms with Crippen LogP contribution < -0.4 is 10.6 Å². The van der Waals surface area contributed by atoms with Crippen LogP contribution in [0, 0.1) is 20.2 Å². The summed E-state index contributed by atoms with van der Waals surface area (Å²) >= 11 is 0. The topological polar surface area (TPSA) is 144 Å². The molecule has 2 aromatic rings. The van der Waals surface area contributed by atoms with Gasteiger partial charge >= 0.3 is 0 Å². The molecular weight excluding hydrogens is 368 g/mol. The summed E-state index contributed by atoms with van der Waals surface area (Å²) in [7, 11) is 0. The zero-order valence-electron chi connectivity index (χ0n) is 15.0. The number of benzene rings is 2. The lowest BCUT2D eigenvalue weighted by Crippen LogP contribution is -2.24. The number of nitrogens with zero attached hydrogens (tertiary/aromatic N) is 2. The number of hydrogen-bond acceptors (Lipinski definition) is 6. The molecule has 0 spiro atoms. The number of amides is 2. The molecule has 0 fully saturated rings. The van der Waals surface area contributed by atoms with Crippen LogP contribution >= 0.6 is 0 Å². The number of nitro groups is 2. The van der Waals surface area contributed by atoms with E-state index in [1.165, 1.54) is 24.3 Å². The van der Waals surface area contributed by atoms with Crippen LogP contribution in [-0.2, 0) is 0 Å². The number of nitro benzene ring substituents is 2. The van der Waals surface area contributed by atoms with Crippen molar-refractivity contribution in [3.8, 4) is 0 Å². The second-order valence-corrected chi connectivity index (χ2v) is 5.86. The first kappa shape index (κ1) is 20.5. The Morgan fingerprint density at radius 2 is 1.64 bits per heavy atom. The first-order valence-electron chi connectivity index (χ1n) is 8.46. The minimum Gasteiger partial charge on any atom is -0.352 e. The van der Waals surface area contributed by atoms with Crippen LogP contribution in [-0.4, -0.2) is 28.2 Å². The monoisotopic (exact) mass is 386 g/mol. The van der Waals surface area contributed by atoms with Gasteiger partial charge in [0.1, 0.15) is 5.56 Å². The molecule has 0 aliphatic rings. The number of carbonyl (C=O) groups excluding carboxylic acids is 2. The van der Waals surface area contributed by atoms with Gasteiger partial charge in [-0.1, -0.05) is 13.3 Å². The van der Waals surface area contributed by atoms with Crippen LogP contribution in [0.5, 0.6) is 0 Å². The number of nitrogens with one attached hydrogen (secondary N) is 2. The highest BCUT2D eigenvalue weighted by Gasteiger charge is 2.24. The van der Waals surface area contributed by atoms with Gasteiger partial charge in [-0.05, 0) is 36.8 Å². The van der Waals surface area contributed by atoms with Gasteiger partial charge in [0, 0.05) is 23.9 Å². The van der Waals surface area contributed by atoms with E-state index in [1.807, 2.05) is 6.92 Å². The van der Waals surface area contributed by atoms with Crippen LogP contribution in [0.2, 0.25) is 0 Å². The van der Waals surface area contributed by atoms with Gasteiger partial charge in [0.15, 0.2) is 0 Å². The molecule has 0 aliphatic carbocycles. The van der Waals surface area contributed by atoms with Gasteiger partial charge in [-0.3, -0.25) is 29.8 Å². The fraction of sp³-hybridized carbons (Fsp3) is 0.222. The number of unbranched alkanes of at least 4 members (excludes halogenated alkanes) is 1. The minimum absolute atomic E-state index is 0.239. The van der Waals surface area contributed by atoms with Gasteiger partial charge < -0.3 is 10.6 Å². The summed E-state index contributed by atoms with van der Waals surface area (Å²) in [4.78, 5) is 44.6. The Kier molecular flexibility index (Phi) is 6.74. The molecule has 2 rings (SSSR count). The summed E-state index contributed by atoms with van der Waals surface area (Å²) in [5, 5.41) is 27.1. The number of anilines is 1. The van der Waals surface area contributed by atoms with Gasteiger partial charge in [-0.15, -0.1) is 0 Å². The largest absolute Gasteiger partial charge is 0.352 e. The van der Waals surface area contributed by atoms with Crippen molar-refractivity contribution in [2.45, 2.75) is 19.8 Å². The van der Waals surface area contributed by atoms with Crippen molar-refractivity contribution in [2.75, 3.05) is 11.9 Å². The van der Waals surface area contributed by atoms with E-state index in [0.29, 0.717) is 17.8 Å². The lowest BCUT2D eigenvalue weighted by molar-refractivity contribution is -0.394. The molecule has 10 nitrogen and oxygen atoms in total. The highest BCUT2D eigenvalue weighted by molar-refractivity contribution is 6.07. The van der Waals surface area contributed by atoms with Crippen molar-refractivity contribution < 1.29 is 19.4 Å². The van der Waals surface area contributed by atoms with Crippen molar-refractivity contribution in [1.29, 1.82) is 0 Å². The SMILES string of the molecule is CCCCNC(=O)c1ccc(NC(=O)c2ccc([N+](=O)[O-])cc2[N+](=O)[O-])cc1. The maximum atomic E-state index is 12.3. The molecule has 2 N–H and O–H groups in total. The van der Waals surface area contributed by atoms with Crippen molar-refractivity contribution in [1.82, 2.24) is 5.32 Å². The summed E-state index contributed by atoms with van der Waals surface area (Å²) in [6, 6.07) is 8.79. The summed E-state index contributed by atoms with van der Waals surface area (Å²) < 4.78 is 0. The van der Waals surface area contributed by atoms with E-state index in [2.05, 4.69) is 10.6 Å². The fourth-order valence-corrected chi connectivity index (χ4v) is 2.36. The first-order chi connectivity index (χ1) is 13.3. The van der Waals surface area contributed by atoms with Gasteiger partial charge in [0.2, 0.25) is 0 Å². The predicted octanol–water partition coefficient (Wildman–Crippen LogP) is 3.29. The average molecular weight is 386 g/mol. The van der Waals surface area contributed by atoms with Crippen molar-refractivity contribution in [3.05, 3.63) is 73.8 Å². The van der Waals surface area contributed by atoms with E-state index in [-0.39, 0.29) is 11.5 Å². The number of rotatable bonds is 8. The molecule has 28 heavy (non-hydrogen) atoms. The van der Waals surface area contributed by atoms with Crippen molar-refractivity contribution >= 4 is 28.9 Å². The van der Waals surface area contributed by atoms with E-state index < -0.39 is 27.1 Å². The van der Waals surface area contributed by atoms with Gasteiger partial charge in [-0.25, -0.2) is 0 Å². The first-order valence-corrected chi connectivity index (χ1v) is 8.46. The van der Waals surface area contributed by atoms with E-state index in [9.17, 15) is 29.8 Å². The van der Waals surface area contributed by atoms with Gasteiger partial charge in [0.05, 0.1) is 15.9 Å². The molecule has 0 saturated heterocycles. The van der Waals surface area contributed by atoms with Crippen LogP contribution in [0.15, 0.2) is 42.5 Å². The van der Waals surface area contributed by atoms with E-state index in [1.54, 1.807) is 0 Å². The van der Waals surface area contributed by atoms with Crippen LogP contribution in [0.1, 0.15) is 40.5 Å². The molecule has 0 saturated carbocycles. The van der Waals surface area contributed by atoms with Crippen LogP contribution in [0.25, 0.3) is 0 Å². The smallest absolute Gasteiger partial charge is 0.289 e. The standard InChI is InChI=1S/C18H18N4O6/c1-2-3-10-19-17(23)12-4-6-13(7-5-12)20-18(24)15-9-8-14(21(25)26)11-16(15)22(27)28/h4-9,11H,2-3,10H2,1H3,(H,19,23)(H,20,24). The maximum absolute atomic E-state index is 12.3. The summed E-state index contributed by atoms with van der Waals surface area (Å²) in [6.45, 7) is 2.58. The zero-order valence-corrected chi connectivity index (χ0v) is 15.0. The minimum atomic E-state index is -0.856. The number of carbonyl (C=O) groups is 2. The molecule has 0 unspecified atom stereocenters. The molecule has 0 aliphatic heterocycles. The molecule has 10 heteroatoms. The Labute approximate surface area is 159 Å². The normalized spacial score (nSPS) is 10.2. The Bertz CT molecular complexity index is 911. The Morgan fingerprint density at radius 1 is 0.964 bits per heavy atom. The van der Waals surface area contributed by atoms with Crippen molar-refractivity contribution in [2.24, 2.45) is 0 Å². The quantitative estimate of drug-likeness (QED) is 0.404. The number of non-ortho nitro benzene ring substituents is 1. The molecule has 0 aromatic heterocycles. The summed E-state index contributed by atoms with van der Waals surface area (Å²) in [5.74, 6) is -1.03. The third-order valence-electron chi connectivity index (χ3n) is 3.85. The van der Waals surface area contributed by atoms with E-state index >= 15 is 0 Å². The van der Waals surface area contributed by atoms with E-state index in [0.717, 1.165) is 31.0 Å². The molecule has 0 bridgehead atoms. The average Bonchev–Trinajstić information content (AvgIpc) is 2.68. The third kappa shape index (κ3) is 5.10. The molecule has 0 atom stereocenters. The Morgan fingerprint density at radius 3 is 2.21 bits per heavy atom. The lowest BCUT2D eigenvalue weighted by Gasteiger charge is -2.08. The molecule has 0 radical (unpaired) electrons. The summed E-state index contributed by atoms with van der Waals surface area (Å²) in [6.07, 6.45) is 1.83.